The summed E-state index contributed by atoms with van der Waals surface area (Å²) in [5.41, 5.74) is 2.19. The maximum Gasteiger partial charge on any atom is 0.241 e. The fourth-order valence-electron chi connectivity index (χ4n) is 4.02. The summed E-state index contributed by atoms with van der Waals surface area (Å²) in [7, 11) is 4.78. The van der Waals surface area contributed by atoms with Crippen molar-refractivity contribution in [1.29, 1.82) is 0 Å². The molecule has 2 N–H and O–H groups in total. The molecule has 1 aromatic heterocycles. The largest absolute Gasteiger partial charge is 0.497 e. The van der Waals surface area contributed by atoms with Crippen molar-refractivity contribution in [3.8, 4) is 28.5 Å². The van der Waals surface area contributed by atoms with Gasteiger partial charge in [0.15, 0.2) is 5.13 Å². The minimum atomic E-state index is -0.363. The van der Waals surface area contributed by atoms with E-state index in [2.05, 4.69) is 15.6 Å². The molecule has 9 nitrogen and oxygen atoms in total. The number of aromatic nitrogens is 1. The summed E-state index contributed by atoms with van der Waals surface area (Å²) < 4.78 is 15.8. The molecule has 4 rings (SSSR count). The van der Waals surface area contributed by atoms with E-state index in [1.165, 1.54) is 11.3 Å². The van der Waals surface area contributed by atoms with Gasteiger partial charge in [-0.25, -0.2) is 4.98 Å². The molecule has 2 aromatic carbocycles. The highest BCUT2D eigenvalue weighted by atomic mass is 32.1. The van der Waals surface area contributed by atoms with Gasteiger partial charge in [0.25, 0.3) is 0 Å². The van der Waals surface area contributed by atoms with E-state index in [-0.39, 0.29) is 24.4 Å². The summed E-state index contributed by atoms with van der Waals surface area (Å²) >= 11 is 1.33. The van der Waals surface area contributed by atoms with E-state index in [1.54, 1.807) is 51.7 Å². The third-order valence-electron chi connectivity index (χ3n) is 5.81. The molecule has 1 aliphatic rings. The van der Waals surface area contributed by atoms with Gasteiger partial charge in [0.05, 0.1) is 39.6 Å². The van der Waals surface area contributed by atoms with Crippen LogP contribution in [0.15, 0.2) is 47.8 Å². The molecule has 2 heterocycles. The van der Waals surface area contributed by atoms with Crippen molar-refractivity contribution in [3.63, 3.8) is 0 Å². The van der Waals surface area contributed by atoms with E-state index in [0.29, 0.717) is 41.0 Å². The van der Waals surface area contributed by atoms with Gasteiger partial charge < -0.3 is 24.8 Å². The van der Waals surface area contributed by atoms with E-state index in [1.807, 2.05) is 22.4 Å². The lowest BCUT2D eigenvalue weighted by Gasteiger charge is -2.22. The van der Waals surface area contributed by atoms with E-state index in [0.717, 1.165) is 17.7 Å². The van der Waals surface area contributed by atoms with Crippen LogP contribution < -0.4 is 24.8 Å². The first kappa shape index (κ1) is 24.5. The summed E-state index contributed by atoms with van der Waals surface area (Å²) in [6.07, 6.45) is 1.56. The number of carbonyl (C=O) groups excluding carboxylic acids is 2. The Bertz CT molecular complexity index is 1180. The van der Waals surface area contributed by atoms with Crippen LogP contribution in [0.2, 0.25) is 0 Å². The molecule has 0 spiro atoms. The van der Waals surface area contributed by atoms with Crippen LogP contribution in [0.4, 0.5) is 10.8 Å². The highest BCUT2D eigenvalue weighted by Crippen LogP contribution is 2.35. The van der Waals surface area contributed by atoms with Gasteiger partial charge in [-0.05, 0) is 55.8 Å². The molecule has 1 unspecified atom stereocenters. The first-order chi connectivity index (χ1) is 17.0. The number of hydrogen-bond acceptors (Lipinski definition) is 8. The molecule has 0 bridgehead atoms. The lowest BCUT2D eigenvalue weighted by atomic mass is 10.1. The lowest BCUT2D eigenvalue weighted by Crippen LogP contribution is -2.43. The van der Waals surface area contributed by atoms with Gasteiger partial charge in [0.2, 0.25) is 11.8 Å². The zero-order valence-electron chi connectivity index (χ0n) is 19.9. The Morgan fingerprint density at radius 1 is 1.03 bits per heavy atom. The molecule has 0 radical (unpaired) electrons. The average molecular weight is 497 g/mol. The Kier molecular flexibility index (Phi) is 7.84. The van der Waals surface area contributed by atoms with Crippen LogP contribution >= 0.6 is 11.3 Å². The van der Waals surface area contributed by atoms with Crippen molar-refractivity contribution in [2.24, 2.45) is 0 Å². The fraction of sp³-hybridized carbons (Fsp3) is 0.320. The van der Waals surface area contributed by atoms with Gasteiger partial charge in [0, 0.05) is 22.7 Å². The number of nitrogens with one attached hydrogen (secondary N) is 2. The molecule has 1 fully saturated rings. The zero-order chi connectivity index (χ0) is 24.8. The maximum absolute atomic E-state index is 12.8. The van der Waals surface area contributed by atoms with Gasteiger partial charge >= 0.3 is 0 Å². The number of methoxy groups -OCH3 is 3. The second kappa shape index (κ2) is 11.2. The number of rotatable bonds is 9. The SMILES string of the molecule is COc1ccc(NC(=O)C2CCCN2CC(=O)Nc2nc(-c3ccc(OC)cc3OC)cs2)cc1. The Morgan fingerprint density at radius 3 is 2.49 bits per heavy atom. The van der Waals surface area contributed by atoms with Gasteiger partial charge in [-0.3, -0.25) is 14.5 Å². The summed E-state index contributed by atoms with van der Waals surface area (Å²) in [5, 5.41) is 8.14. The predicted molar refractivity (Wildman–Crippen MR) is 136 cm³/mol. The minimum absolute atomic E-state index is 0.113. The molecule has 35 heavy (non-hydrogen) atoms. The Balaban J connectivity index is 1.36. The molecule has 184 valence electrons. The molecule has 0 saturated carbocycles. The summed E-state index contributed by atoms with van der Waals surface area (Å²) in [5.74, 6) is 1.71. The molecule has 1 atom stereocenters. The van der Waals surface area contributed by atoms with Gasteiger partial charge in [-0.1, -0.05) is 0 Å². The molecule has 1 aliphatic heterocycles. The van der Waals surface area contributed by atoms with Crippen molar-refractivity contribution < 1.29 is 23.8 Å². The number of amides is 2. The maximum atomic E-state index is 12.8. The predicted octanol–water partition coefficient (Wildman–Crippen LogP) is 3.88. The molecular formula is C25H28N4O5S. The lowest BCUT2D eigenvalue weighted by molar-refractivity contribution is -0.122. The van der Waals surface area contributed by atoms with E-state index in [9.17, 15) is 9.59 Å². The van der Waals surface area contributed by atoms with Gasteiger partial charge in [-0.2, -0.15) is 0 Å². The Labute approximate surface area is 208 Å². The molecule has 10 heteroatoms. The van der Waals surface area contributed by atoms with Crippen LogP contribution in [0.5, 0.6) is 17.2 Å². The topological polar surface area (TPSA) is 102 Å². The Hall–Kier alpha value is -3.63. The third-order valence-corrected chi connectivity index (χ3v) is 6.56. The smallest absolute Gasteiger partial charge is 0.241 e. The van der Waals surface area contributed by atoms with Crippen molar-refractivity contribution in [1.82, 2.24) is 9.88 Å². The number of ether oxygens (including phenoxy) is 3. The molecule has 0 aliphatic carbocycles. The van der Waals surface area contributed by atoms with E-state index < -0.39 is 0 Å². The van der Waals surface area contributed by atoms with Crippen molar-refractivity contribution in [2.45, 2.75) is 18.9 Å². The minimum Gasteiger partial charge on any atom is -0.497 e. The number of benzene rings is 2. The summed E-state index contributed by atoms with van der Waals surface area (Å²) in [6, 6.07) is 12.3. The third kappa shape index (κ3) is 5.90. The number of hydrogen-bond donors (Lipinski definition) is 2. The number of nitrogens with zero attached hydrogens (tertiary/aromatic N) is 2. The number of thiazole rings is 1. The zero-order valence-corrected chi connectivity index (χ0v) is 20.7. The normalized spacial score (nSPS) is 15.5. The molecule has 3 aromatic rings. The molecular weight excluding hydrogens is 468 g/mol. The van der Waals surface area contributed by atoms with Crippen molar-refractivity contribution in [3.05, 3.63) is 47.8 Å². The average Bonchev–Trinajstić information content (AvgIpc) is 3.53. The van der Waals surface area contributed by atoms with Crippen molar-refractivity contribution in [2.75, 3.05) is 45.1 Å². The van der Waals surface area contributed by atoms with Crippen LogP contribution in [0.1, 0.15) is 12.8 Å². The fourth-order valence-corrected chi connectivity index (χ4v) is 4.75. The van der Waals surface area contributed by atoms with Crippen LogP contribution in [-0.4, -0.2) is 62.2 Å². The van der Waals surface area contributed by atoms with E-state index in [4.69, 9.17) is 14.2 Å². The number of likely N-dealkylation sites (tertiary alicyclic amines) is 1. The Morgan fingerprint density at radius 2 is 1.77 bits per heavy atom. The summed E-state index contributed by atoms with van der Waals surface area (Å²) in [4.78, 5) is 32.0. The second-order valence-electron chi connectivity index (χ2n) is 8.00. The van der Waals surface area contributed by atoms with Crippen LogP contribution in [0.3, 0.4) is 0 Å². The standard InChI is InChI=1S/C25H28N4O5S/c1-32-17-8-6-16(7-9-17)26-24(31)21-5-4-12-29(21)14-23(30)28-25-27-20(15-35-25)19-11-10-18(33-2)13-22(19)34-3/h6-11,13,15,21H,4-5,12,14H2,1-3H3,(H,26,31)(H,27,28,30). The van der Waals surface area contributed by atoms with E-state index >= 15 is 0 Å². The second-order valence-corrected chi connectivity index (χ2v) is 8.86. The molecule has 1 saturated heterocycles. The molecule has 2 amide bonds. The first-order valence-electron chi connectivity index (χ1n) is 11.2. The van der Waals surface area contributed by atoms with Gasteiger partial charge in [0.1, 0.15) is 17.2 Å². The van der Waals surface area contributed by atoms with Crippen LogP contribution in [-0.2, 0) is 9.59 Å². The first-order valence-corrected chi connectivity index (χ1v) is 12.1. The van der Waals surface area contributed by atoms with Gasteiger partial charge in [-0.15, -0.1) is 11.3 Å². The number of anilines is 2. The highest BCUT2D eigenvalue weighted by molar-refractivity contribution is 7.14. The number of carbonyl (C=O) groups is 2. The highest BCUT2D eigenvalue weighted by Gasteiger charge is 2.32. The van der Waals surface area contributed by atoms with Crippen LogP contribution in [0.25, 0.3) is 11.3 Å². The summed E-state index contributed by atoms with van der Waals surface area (Å²) in [6.45, 7) is 0.793. The van der Waals surface area contributed by atoms with Crippen molar-refractivity contribution >= 4 is 34.0 Å². The monoisotopic (exact) mass is 496 g/mol. The van der Waals surface area contributed by atoms with Crippen LogP contribution in [0, 0.1) is 0 Å². The quantitative estimate of drug-likeness (QED) is 0.464.